The van der Waals surface area contributed by atoms with Gasteiger partial charge in [-0.25, -0.2) is 0 Å². The molecule has 3 nitrogen and oxygen atoms in total. The molecular weight excluding hydrogens is 310 g/mol. The normalized spacial score (nSPS) is 11.9. The van der Waals surface area contributed by atoms with Crippen molar-refractivity contribution in [2.45, 2.75) is 19.5 Å². The first-order valence-corrected chi connectivity index (χ1v) is 8.38. The SMILES string of the molecule is COc1ccc(CNC(c2ccccc2)c2ccc(C)cc2)cc1O. The third-order valence-corrected chi connectivity index (χ3v) is 4.30. The lowest BCUT2D eigenvalue weighted by Gasteiger charge is -2.20. The highest BCUT2D eigenvalue weighted by atomic mass is 16.5. The van der Waals surface area contributed by atoms with Gasteiger partial charge in [-0.2, -0.15) is 0 Å². The van der Waals surface area contributed by atoms with E-state index < -0.39 is 0 Å². The molecule has 0 aliphatic heterocycles. The summed E-state index contributed by atoms with van der Waals surface area (Å²) >= 11 is 0. The van der Waals surface area contributed by atoms with Gasteiger partial charge in [0.15, 0.2) is 11.5 Å². The van der Waals surface area contributed by atoms with Gasteiger partial charge in [-0.1, -0.05) is 66.2 Å². The van der Waals surface area contributed by atoms with Crippen LogP contribution >= 0.6 is 0 Å². The Morgan fingerprint density at radius 2 is 1.60 bits per heavy atom. The number of nitrogens with one attached hydrogen (secondary N) is 1. The van der Waals surface area contributed by atoms with E-state index in [1.165, 1.54) is 16.7 Å². The van der Waals surface area contributed by atoms with Crippen LogP contribution in [-0.4, -0.2) is 12.2 Å². The van der Waals surface area contributed by atoms with Crippen molar-refractivity contribution in [1.82, 2.24) is 5.32 Å². The summed E-state index contributed by atoms with van der Waals surface area (Å²) in [7, 11) is 1.55. The second-order valence-electron chi connectivity index (χ2n) is 6.14. The highest BCUT2D eigenvalue weighted by Gasteiger charge is 2.13. The van der Waals surface area contributed by atoms with Gasteiger partial charge in [0, 0.05) is 6.54 Å². The van der Waals surface area contributed by atoms with Crippen molar-refractivity contribution in [3.05, 3.63) is 95.1 Å². The Morgan fingerprint density at radius 1 is 0.920 bits per heavy atom. The van der Waals surface area contributed by atoms with Gasteiger partial charge in [-0.05, 0) is 35.7 Å². The van der Waals surface area contributed by atoms with E-state index >= 15 is 0 Å². The molecule has 0 amide bonds. The van der Waals surface area contributed by atoms with E-state index in [1.807, 2.05) is 12.1 Å². The lowest BCUT2D eigenvalue weighted by atomic mass is 9.97. The standard InChI is InChI=1S/C22H23NO2/c1-16-8-11-19(12-9-16)22(18-6-4-3-5-7-18)23-15-17-10-13-21(25-2)20(24)14-17/h3-14,22-24H,15H2,1-2H3. The van der Waals surface area contributed by atoms with Crippen LogP contribution in [-0.2, 0) is 6.54 Å². The van der Waals surface area contributed by atoms with E-state index in [-0.39, 0.29) is 11.8 Å². The third-order valence-electron chi connectivity index (χ3n) is 4.30. The number of methoxy groups -OCH3 is 1. The van der Waals surface area contributed by atoms with E-state index in [0.29, 0.717) is 12.3 Å². The number of phenolic OH excluding ortho intramolecular Hbond substituents is 1. The van der Waals surface area contributed by atoms with Crippen molar-refractivity contribution in [3.8, 4) is 11.5 Å². The number of aromatic hydroxyl groups is 1. The maximum Gasteiger partial charge on any atom is 0.160 e. The Balaban J connectivity index is 1.83. The van der Waals surface area contributed by atoms with Gasteiger partial charge in [0.05, 0.1) is 13.2 Å². The molecule has 1 unspecified atom stereocenters. The first-order valence-electron chi connectivity index (χ1n) is 8.38. The summed E-state index contributed by atoms with van der Waals surface area (Å²) in [5.74, 6) is 0.648. The molecule has 0 spiro atoms. The number of rotatable bonds is 6. The molecule has 0 fully saturated rings. The minimum absolute atomic E-state index is 0.0889. The van der Waals surface area contributed by atoms with Crippen LogP contribution in [0.25, 0.3) is 0 Å². The minimum Gasteiger partial charge on any atom is -0.504 e. The summed E-state index contributed by atoms with van der Waals surface area (Å²) < 4.78 is 5.10. The predicted molar refractivity (Wildman–Crippen MR) is 101 cm³/mol. The molecule has 0 aliphatic carbocycles. The molecule has 0 radical (unpaired) electrons. The maximum atomic E-state index is 9.97. The summed E-state index contributed by atoms with van der Waals surface area (Å²) in [6.07, 6.45) is 0. The second-order valence-corrected chi connectivity index (χ2v) is 6.14. The van der Waals surface area contributed by atoms with Crippen LogP contribution in [0.5, 0.6) is 11.5 Å². The molecule has 3 aromatic carbocycles. The molecule has 3 heteroatoms. The first kappa shape index (κ1) is 17.1. The van der Waals surface area contributed by atoms with E-state index in [9.17, 15) is 5.11 Å². The lowest BCUT2D eigenvalue weighted by molar-refractivity contribution is 0.373. The molecule has 0 bridgehead atoms. The summed E-state index contributed by atoms with van der Waals surface area (Å²) in [5, 5.41) is 13.6. The fourth-order valence-electron chi connectivity index (χ4n) is 2.90. The van der Waals surface area contributed by atoms with E-state index in [2.05, 4.69) is 60.8 Å². The lowest BCUT2D eigenvalue weighted by Crippen LogP contribution is -2.22. The maximum absolute atomic E-state index is 9.97. The van der Waals surface area contributed by atoms with Crippen molar-refractivity contribution in [1.29, 1.82) is 0 Å². The van der Waals surface area contributed by atoms with Gasteiger partial charge < -0.3 is 15.2 Å². The molecule has 3 aromatic rings. The number of phenols is 1. The van der Waals surface area contributed by atoms with Gasteiger partial charge in [-0.15, -0.1) is 0 Å². The number of hydrogen-bond acceptors (Lipinski definition) is 3. The zero-order valence-corrected chi connectivity index (χ0v) is 14.6. The third kappa shape index (κ3) is 4.20. The quantitative estimate of drug-likeness (QED) is 0.693. The fraction of sp³-hybridized carbons (Fsp3) is 0.182. The molecule has 1 atom stereocenters. The fourth-order valence-corrected chi connectivity index (χ4v) is 2.90. The van der Waals surface area contributed by atoms with E-state index in [0.717, 1.165) is 5.56 Å². The van der Waals surface area contributed by atoms with Crippen LogP contribution in [0.4, 0.5) is 0 Å². The number of ether oxygens (including phenoxy) is 1. The van der Waals surface area contributed by atoms with Crippen molar-refractivity contribution in [3.63, 3.8) is 0 Å². The smallest absolute Gasteiger partial charge is 0.160 e. The molecule has 2 N–H and O–H groups in total. The van der Waals surface area contributed by atoms with Gasteiger partial charge in [-0.3, -0.25) is 0 Å². The summed E-state index contributed by atoms with van der Waals surface area (Å²) in [6, 6.07) is 24.5. The Morgan fingerprint density at radius 3 is 2.24 bits per heavy atom. The molecule has 0 aromatic heterocycles. The molecule has 3 rings (SSSR count). The van der Waals surface area contributed by atoms with Crippen molar-refractivity contribution in [2.75, 3.05) is 7.11 Å². The van der Waals surface area contributed by atoms with Crippen LogP contribution in [0.15, 0.2) is 72.8 Å². The summed E-state index contributed by atoms with van der Waals surface area (Å²) in [4.78, 5) is 0. The first-order chi connectivity index (χ1) is 12.2. The van der Waals surface area contributed by atoms with Gasteiger partial charge >= 0.3 is 0 Å². The van der Waals surface area contributed by atoms with Gasteiger partial charge in [0.1, 0.15) is 0 Å². The van der Waals surface area contributed by atoms with Gasteiger partial charge in [0.2, 0.25) is 0 Å². The number of benzene rings is 3. The number of hydrogen-bond donors (Lipinski definition) is 2. The topological polar surface area (TPSA) is 41.5 Å². The average Bonchev–Trinajstić information content (AvgIpc) is 2.64. The zero-order valence-electron chi connectivity index (χ0n) is 14.6. The highest BCUT2D eigenvalue weighted by Crippen LogP contribution is 2.27. The summed E-state index contributed by atoms with van der Waals surface area (Å²) in [6.45, 7) is 2.74. The van der Waals surface area contributed by atoms with Crippen LogP contribution in [0, 0.1) is 6.92 Å². The molecule has 0 heterocycles. The molecule has 0 aliphatic rings. The second kappa shape index (κ2) is 7.86. The highest BCUT2D eigenvalue weighted by molar-refractivity contribution is 5.42. The minimum atomic E-state index is 0.0889. The molecule has 25 heavy (non-hydrogen) atoms. The molecule has 0 saturated heterocycles. The summed E-state index contributed by atoms with van der Waals surface area (Å²) in [5.41, 5.74) is 4.68. The molecule has 0 saturated carbocycles. The van der Waals surface area contributed by atoms with Crippen LogP contribution < -0.4 is 10.1 Å². The van der Waals surface area contributed by atoms with Crippen LogP contribution in [0.3, 0.4) is 0 Å². The van der Waals surface area contributed by atoms with Crippen molar-refractivity contribution >= 4 is 0 Å². The van der Waals surface area contributed by atoms with Crippen LogP contribution in [0.2, 0.25) is 0 Å². The Kier molecular flexibility index (Phi) is 5.36. The van der Waals surface area contributed by atoms with E-state index in [4.69, 9.17) is 4.74 Å². The predicted octanol–water partition coefficient (Wildman–Crippen LogP) is 4.59. The average molecular weight is 333 g/mol. The van der Waals surface area contributed by atoms with Crippen molar-refractivity contribution < 1.29 is 9.84 Å². The Labute approximate surface area is 148 Å². The zero-order chi connectivity index (χ0) is 17.6. The Bertz CT molecular complexity index is 813. The van der Waals surface area contributed by atoms with Crippen molar-refractivity contribution in [2.24, 2.45) is 0 Å². The Hall–Kier alpha value is -2.78. The largest absolute Gasteiger partial charge is 0.504 e. The van der Waals surface area contributed by atoms with E-state index in [1.54, 1.807) is 19.2 Å². The number of aryl methyl sites for hydroxylation is 1. The monoisotopic (exact) mass is 333 g/mol. The molecule has 128 valence electrons. The van der Waals surface area contributed by atoms with Gasteiger partial charge in [0.25, 0.3) is 0 Å². The van der Waals surface area contributed by atoms with Crippen LogP contribution in [0.1, 0.15) is 28.3 Å². The molecular formula is C22H23NO2.